The number of benzene rings is 2. The summed E-state index contributed by atoms with van der Waals surface area (Å²) in [5.41, 5.74) is -0.432. The number of fused-ring (bicyclic) bond motifs is 4. The number of aromatic nitrogens is 3. The third-order valence-electron chi connectivity index (χ3n) is 11.0. The molecule has 2 aromatic carbocycles. The summed E-state index contributed by atoms with van der Waals surface area (Å²) < 4.78 is 49.4. The molecule has 51 heavy (non-hydrogen) atoms. The minimum absolute atomic E-state index is 0.00606. The molecule has 4 aliphatic rings. The lowest BCUT2D eigenvalue weighted by molar-refractivity contribution is -0.0460. The van der Waals surface area contributed by atoms with Gasteiger partial charge in [-0.15, -0.1) is 0 Å². The zero-order valence-electron chi connectivity index (χ0n) is 28.9. The molecule has 2 unspecified atom stereocenters. The van der Waals surface area contributed by atoms with E-state index in [9.17, 15) is 9.59 Å². The number of ether oxygens (including phenoxy) is 3. The Bertz CT molecular complexity index is 2000. The molecule has 2 bridgehead atoms. The smallest absolute Gasteiger partial charge is 0.407 e. The molecule has 1 aliphatic carbocycles. The Balaban J connectivity index is 1.00. The first-order chi connectivity index (χ1) is 24.7. The second-order valence-corrected chi connectivity index (χ2v) is 15.1. The van der Waals surface area contributed by atoms with E-state index in [-0.39, 0.29) is 46.6 Å². The van der Waals surface area contributed by atoms with Crippen molar-refractivity contribution < 1.29 is 27.8 Å². The van der Waals surface area contributed by atoms with E-state index in [0.717, 1.165) is 64.7 Å². The number of H-pyrrole nitrogens is 1. The Morgan fingerprint density at radius 1 is 1.14 bits per heavy atom. The van der Waals surface area contributed by atoms with Crippen LogP contribution in [0.1, 0.15) is 57.4 Å². The number of aromatic amines is 1. The van der Waals surface area contributed by atoms with Crippen LogP contribution in [0.2, 0.25) is 0 Å². The molecule has 3 aliphatic heterocycles. The summed E-state index contributed by atoms with van der Waals surface area (Å²) in [6.45, 7) is 6.75. The van der Waals surface area contributed by atoms with Gasteiger partial charge in [0.25, 0.3) is 11.6 Å². The normalized spacial score (nSPS) is 24.1. The number of piperidine rings is 1. The summed E-state index contributed by atoms with van der Waals surface area (Å²) in [6.07, 6.45) is 8.05. The monoisotopic (exact) mass is 702 g/mol. The van der Waals surface area contributed by atoms with Gasteiger partial charge >= 0.3 is 6.09 Å². The molecule has 270 valence electrons. The average Bonchev–Trinajstić information content (AvgIpc) is 3.79. The second kappa shape index (κ2) is 13.7. The van der Waals surface area contributed by atoms with Gasteiger partial charge in [-0.3, -0.25) is 19.7 Å². The van der Waals surface area contributed by atoms with Crippen molar-refractivity contribution in [3.8, 4) is 17.3 Å². The number of aryl methyl sites for hydroxylation is 1. The third kappa shape index (κ3) is 7.16. The number of amides is 1. The average molecular weight is 703 g/mol. The van der Waals surface area contributed by atoms with E-state index in [2.05, 4.69) is 30.5 Å². The Hall–Kier alpha value is -4.20. The Morgan fingerprint density at radius 2 is 1.96 bits per heavy atom. The predicted molar refractivity (Wildman–Crippen MR) is 188 cm³/mol. The van der Waals surface area contributed by atoms with Crippen molar-refractivity contribution in [2.75, 3.05) is 45.9 Å². The van der Waals surface area contributed by atoms with Gasteiger partial charge in [0.2, 0.25) is 0 Å². The lowest BCUT2D eigenvalue weighted by atomic mass is 9.93. The van der Waals surface area contributed by atoms with Crippen LogP contribution < -0.4 is 20.9 Å². The molecule has 1 amide bonds. The van der Waals surface area contributed by atoms with Crippen LogP contribution in [0.4, 0.5) is 13.6 Å². The van der Waals surface area contributed by atoms with E-state index in [1.165, 1.54) is 12.3 Å². The Kier molecular flexibility index (Phi) is 9.14. The first-order valence-electron chi connectivity index (χ1n) is 18.1. The SMILES string of the molecule is C[C@@]1(NC(=O)OCCCc2c(F)ccc3cccc(-c4ncc5c(=O)[nH]c(OCC6(CN7CC8CCC(C7)O8)CC6)nc5c4F)c23)CCCNC1. The molecule has 0 radical (unpaired) electrons. The number of halogens is 2. The minimum Gasteiger partial charge on any atom is -0.464 e. The van der Waals surface area contributed by atoms with Crippen molar-refractivity contribution in [3.63, 3.8) is 0 Å². The highest BCUT2D eigenvalue weighted by Crippen LogP contribution is 2.47. The van der Waals surface area contributed by atoms with Crippen LogP contribution in [0, 0.1) is 17.0 Å². The molecule has 3 saturated heterocycles. The molecule has 8 rings (SSSR count). The lowest BCUT2D eigenvalue weighted by Crippen LogP contribution is -2.55. The van der Waals surface area contributed by atoms with Crippen LogP contribution in [-0.2, 0) is 15.9 Å². The number of nitrogens with one attached hydrogen (secondary N) is 3. The highest BCUT2D eigenvalue weighted by molar-refractivity contribution is 5.99. The molecular formula is C38H44F2N6O5. The van der Waals surface area contributed by atoms with Crippen LogP contribution >= 0.6 is 0 Å². The molecule has 5 heterocycles. The van der Waals surface area contributed by atoms with E-state index < -0.39 is 23.3 Å². The molecule has 0 spiro atoms. The maximum atomic E-state index is 16.5. The fraction of sp³-hybridized carbons (Fsp3) is 0.526. The van der Waals surface area contributed by atoms with Gasteiger partial charge in [0.15, 0.2) is 5.82 Å². The molecule has 3 atom stereocenters. The fourth-order valence-electron chi connectivity index (χ4n) is 8.08. The molecule has 4 fully saturated rings. The quantitative estimate of drug-likeness (QED) is 0.180. The number of hydrogen-bond donors (Lipinski definition) is 3. The number of pyridine rings is 1. The maximum Gasteiger partial charge on any atom is 0.407 e. The van der Waals surface area contributed by atoms with E-state index in [4.69, 9.17) is 14.2 Å². The highest BCUT2D eigenvalue weighted by Gasteiger charge is 2.47. The van der Waals surface area contributed by atoms with Gasteiger partial charge in [-0.05, 0) is 87.2 Å². The number of carbonyl (C=O) groups is 1. The van der Waals surface area contributed by atoms with Gasteiger partial charge in [0, 0.05) is 43.4 Å². The molecule has 11 nitrogen and oxygen atoms in total. The first-order valence-corrected chi connectivity index (χ1v) is 18.1. The molecule has 2 aromatic heterocycles. The van der Waals surface area contributed by atoms with Crippen LogP contribution in [0.5, 0.6) is 6.01 Å². The van der Waals surface area contributed by atoms with E-state index in [1.807, 2.05) is 13.0 Å². The van der Waals surface area contributed by atoms with Crippen molar-refractivity contribution in [1.82, 2.24) is 30.5 Å². The van der Waals surface area contributed by atoms with Crippen molar-refractivity contribution in [1.29, 1.82) is 0 Å². The van der Waals surface area contributed by atoms with E-state index >= 15 is 8.78 Å². The van der Waals surface area contributed by atoms with Crippen molar-refractivity contribution in [2.45, 2.75) is 76.0 Å². The number of nitrogens with zero attached hydrogens (tertiary/aromatic N) is 3. The van der Waals surface area contributed by atoms with Crippen LogP contribution in [0.25, 0.3) is 32.9 Å². The number of rotatable bonds is 11. The maximum absolute atomic E-state index is 16.5. The number of alkyl carbamates (subject to hydrolysis) is 1. The zero-order chi connectivity index (χ0) is 35.2. The molecule has 3 N–H and O–H groups in total. The van der Waals surface area contributed by atoms with Gasteiger partial charge in [0.1, 0.15) is 17.0 Å². The van der Waals surface area contributed by atoms with Gasteiger partial charge < -0.3 is 24.8 Å². The Morgan fingerprint density at radius 3 is 2.73 bits per heavy atom. The number of carbonyl (C=O) groups excluding carboxylic acids is 1. The van der Waals surface area contributed by atoms with E-state index in [0.29, 0.717) is 53.7 Å². The second-order valence-electron chi connectivity index (χ2n) is 15.1. The summed E-state index contributed by atoms with van der Waals surface area (Å²) in [4.78, 5) is 39.5. The predicted octanol–water partition coefficient (Wildman–Crippen LogP) is 5.24. The number of likely N-dealkylation sites (tertiary alicyclic amines) is 1. The molecule has 4 aromatic rings. The molecule has 1 saturated carbocycles. The number of morpholine rings is 1. The summed E-state index contributed by atoms with van der Waals surface area (Å²) in [6, 6.07) is 8.26. The topological polar surface area (TPSA) is 131 Å². The van der Waals surface area contributed by atoms with Gasteiger partial charge in [0.05, 0.1) is 36.3 Å². The Labute approximate surface area is 294 Å². The van der Waals surface area contributed by atoms with Crippen molar-refractivity contribution in [2.24, 2.45) is 5.41 Å². The van der Waals surface area contributed by atoms with Crippen LogP contribution in [0.15, 0.2) is 41.3 Å². The lowest BCUT2D eigenvalue weighted by Gasteiger charge is -2.34. The van der Waals surface area contributed by atoms with Crippen LogP contribution in [-0.4, -0.2) is 89.6 Å². The van der Waals surface area contributed by atoms with Gasteiger partial charge in [-0.1, -0.05) is 24.3 Å². The summed E-state index contributed by atoms with van der Waals surface area (Å²) in [7, 11) is 0. The van der Waals surface area contributed by atoms with Crippen molar-refractivity contribution in [3.05, 3.63) is 64.1 Å². The molecular weight excluding hydrogens is 658 g/mol. The number of hydrogen-bond acceptors (Lipinski definition) is 9. The summed E-state index contributed by atoms with van der Waals surface area (Å²) in [5.74, 6) is -1.24. The van der Waals surface area contributed by atoms with Crippen molar-refractivity contribution >= 4 is 27.8 Å². The minimum atomic E-state index is -0.790. The largest absolute Gasteiger partial charge is 0.464 e. The summed E-state index contributed by atoms with van der Waals surface area (Å²) >= 11 is 0. The highest BCUT2D eigenvalue weighted by atomic mass is 19.1. The van der Waals surface area contributed by atoms with E-state index in [1.54, 1.807) is 18.2 Å². The summed E-state index contributed by atoms with van der Waals surface area (Å²) in [5, 5.41) is 7.42. The fourth-order valence-corrected chi connectivity index (χ4v) is 8.08. The van der Waals surface area contributed by atoms with Gasteiger partial charge in [-0.25, -0.2) is 13.6 Å². The first kappa shape index (κ1) is 33.9. The van der Waals surface area contributed by atoms with Gasteiger partial charge in [-0.2, -0.15) is 4.98 Å². The zero-order valence-corrected chi connectivity index (χ0v) is 28.9. The standard InChI is InChI=1S/C38H44F2N6O5/c1-37(12-4-15-41-20-37)45-36(48)49-16-3-7-26-29(39)11-8-23-5-2-6-27(30(23)26)32-31(40)33-28(17-42-32)34(47)44-35(43-33)50-22-38(13-14-38)21-46-18-24-9-10-25(19-46)51-24/h2,5-6,8,11,17,24-25,41H,3-4,7,9-10,12-16,18-22H2,1H3,(H,45,48)(H,43,44,47)/t24?,25?,37-/m1/s1. The molecule has 13 heteroatoms. The third-order valence-corrected chi connectivity index (χ3v) is 11.0. The van der Waals surface area contributed by atoms with Crippen LogP contribution in [0.3, 0.4) is 0 Å².